The van der Waals surface area contributed by atoms with Crippen LogP contribution in [0.25, 0.3) is 0 Å². The van der Waals surface area contributed by atoms with Gasteiger partial charge in [0.25, 0.3) is 5.69 Å². The molecule has 1 N–H and O–H groups in total. The third kappa shape index (κ3) is 3.03. The van der Waals surface area contributed by atoms with Crippen molar-refractivity contribution in [1.82, 2.24) is 0 Å². The first-order valence-electron chi connectivity index (χ1n) is 6.60. The van der Waals surface area contributed by atoms with Gasteiger partial charge in [-0.1, -0.05) is 26.7 Å². The van der Waals surface area contributed by atoms with Crippen molar-refractivity contribution in [2.45, 2.75) is 45.6 Å². The second kappa shape index (κ2) is 5.15. The molecule has 0 saturated heterocycles. The molecule has 1 aromatic carbocycles. The Balaban J connectivity index is 2.25. The predicted molar refractivity (Wildman–Crippen MR) is 72.7 cm³/mol. The first-order chi connectivity index (χ1) is 8.90. The Kier molecular flexibility index (Phi) is 3.73. The van der Waals surface area contributed by atoms with Gasteiger partial charge in [0.15, 0.2) is 0 Å². The van der Waals surface area contributed by atoms with Crippen LogP contribution in [-0.2, 0) is 0 Å². The van der Waals surface area contributed by atoms with Crippen LogP contribution in [0.4, 0.5) is 15.8 Å². The highest BCUT2D eigenvalue weighted by Crippen LogP contribution is 2.38. The summed E-state index contributed by atoms with van der Waals surface area (Å²) in [6.45, 7) is 4.33. The molecule has 0 aromatic heterocycles. The van der Waals surface area contributed by atoms with Crippen molar-refractivity contribution >= 4 is 11.4 Å². The van der Waals surface area contributed by atoms with Gasteiger partial charge in [-0.3, -0.25) is 10.1 Å². The van der Waals surface area contributed by atoms with E-state index >= 15 is 0 Å². The van der Waals surface area contributed by atoms with Crippen LogP contribution < -0.4 is 5.32 Å². The highest BCUT2D eigenvalue weighted by molar-refractivity contribution is 5.62. The molecule has 0 aliphatic heterocycles. The number of rotatable bonds is 3. The zero-order valence-electron chi connectivity index (χ0n) is 11.3. The van der Waals surface area contributed by atoms with Crippen molar-refractivity contribution in [2.24, 2.45) is 5.41 Å². The standard InChI is InChI=1S/C14H19FN2O2/c1-14(2)8-4-3-5-13(14)16-11-7-6-10(15)9-12(11)17(18)19/h6-7,9,13,16H,3-5,8H2,1-2H3. The summed E-state index contributed by atoms with van der Waals surface area (Å²) in [5.74, 6) is -0.583. The zero-order valence-corrected chi connectivity index (χ0v) is 11.3. The van der Waals surface area contributed by atoms with E-state index in [1.165, 1.54) is 18.6 Å². The molecule has 1 fully saturated rings. The van der Waals surface area contributed by atoms with Crippen LogP contribution in [-0.4, -0.2) is 11.0 Å². The molecule has 1 atom stereocenters. The molecule has 0 radical (unpaired) electrons. The average molecular weight is 266 g/mol. The van der Waals surface area contributed by atoms with Gasteiger partial charge in [-0.25, -0.2) is 4.39 Å². The smallest absolute Gasteiger partial charge is 0.295 e. The number of halogens is 1. The van der Waals surface area contributed by atoms with Gasteiger partial charge < -0.3 is 5.32 Å². The highest BCUT2D eigenvalue weighted by atomic mass is 19.1. The molecule has 0 spiro atoms. The van der Waals surface area contributed by atoms with E-state index in [-0.39, 0.29) is 17.1 Å². The highest BCUT2D eigenvalue weighted by Gasteiger charge is 2.33. The second-order valence-electron chi connectivity index (χ2n) is 5.85. The van der Waals surface area contributed by atoms with Crippen LogP contribution in [0.1, 0.15) is 39.5 Å². The van der Waals surface area contributed by atoms with E-state index in [9.17, 15) is 14.5 Å². The molecule has 19 heavy (non-hydrogen) atoms. The van der Waals surface area contributed by atoms with E-state index in [0.717, 1.165) is 25.3 Å². The third-order valence-corrected chi connectivity index (χ3v) is 3.99. The van der Waals surface area contributed by atoms with Crippen LogP contribution in [0, 0.1) is 21.3 Å². The number of benzene rings is 1. The van der Waals surface area contributed by atoms with Crippen LogP contribution in [0.15, 0.2) is 18.2 Å². The van der Waals surface area contributed by atoms with Gasteiger partial charge in [-0.2, -0.15) is 0 Å². The number of nitrogens with one attached hydrogen (secondary N) is 1. The minimum atomic E-state index is -0.583. The maximum atomic E-state index is 13.1. The Labute approximate surface area is 112 Å². The molecule has 104 valence electrons. The summed E-state index contributed by atoms with van der Waals surface area (Å²) in [6, 6.07) is 3.87. The van der Waals surface area contributed by atoms with Crippen molar-refractivity contribution < 1.29 is 9.31 Å². The van der Waals surface area contributed by atoms with Gasteiger partial charge in [-0.05, 0) is 30.4 Å². The normalized spacial score (nSPS) is 21.9. The summed E-state index contributed by atoms with van der Waals surface area (Å²) >= 11 is 0. The Morgan fingerprint density at radius 3 is 2.79 bits per heavy atom. The number of hydrogen-bond acceptors (Lipinski definition) is 3. The van der Waals surface area contributed by atoms with E-state index in [0.29, 0.717) is 5.69 Å². The minimum absolute atomic E-state index is 0.0977. The maximum absolute atomic E-state index is 13.1. The van der Waals surface area contributed by atoms with Gasteiger partial charge in [0.05, 0.1) is 11.0 Å². The second-order valence-corrected chi connectivity index (χ2v) is 5.85. The zero-order chi connectivity index (χ0) is 14.0. The number of nitro benzene ring substituents is 1. The fraction of sp³-hybridized carbons (Fsp3) is 0.571. The number of hydrogen-bond donors (Lipinski definition) is 1. The number of nitrogens with zero attached hydrogens (tertiary/aromatic N) is 1. The van der Waals surface area contributed by atoms with Crippen LogP contribution in [0.5, 0.6) is 0 Å². The van der Waals surface area contributed by atoms with Crippen LogP contribution >= 0.6 is 0 Å². The number of nitro groups is 1. The summed E-state index contributed by atoms with van der Waals surface area (Å²) in [6.07, 6.45) is 4.40. The van der Waals surface area contributed by atoms with E-state index in [4.69, 9.17) is 0 Å². The molecule has 4 nitrogen and oxygen atoms in total. The lowest BCUT2D eigenvalue weighted by Gasteiger charge is -2.39. The summed E-state index contributed by atoms with van der Waals surface area (Å²) in [4.78, 5) is 10.4. The van der Waals surface area contributed by atoms with Crippen LogP contribution in [0.2, 0.25) is 0 Å². The molecule has 1 aliphatic carbocycles. The summed E-state index contributed by atoms with van der Waals surface area (Å²) in [7, 11) is 0. The molecule has 5 heteroatoms. The van der Waals surface area contributed by atoms with Crippen molar-refractivity contribution in [3.05, 3.63) is 34.1 Å². The molecular weight excluding hydrogens is 247 g/mol. The van der Waals surface area contributed by atoms with E-state index in [1.54, 1.807) is 0 Å². The van der Waals surface area contributed by atoms with Gasteiger partial charge in [0, 0.05) is 6.04 Å². The van der Waals surface area contributed by atoms with Crippen molar-refractivity contribution in [3.8, 4) is 0 Å². The van der Waals surface area contributed by atoms with Gasteiger partial charge in [0.2, 0.25) is 0 Å². The molecule has 2 rings (SSSR count). The van der Waals surface area contributed by atoms with Crippen molar-refractivity contribution in [3.63, 3.8) is 0 Å². The summed E-state index contributed by atoms with van der Waals surface area (Å²) in [5.41, 5.74) is 0.313. The Morgan fingerprint density at radius 2 is 2.16 bits per heavy atom. The average Bonchev–Trinajstić information content (AvgIpc) is 2.33. The van der Waals surface area contributed by atoms with Crippen molar-refractivity contribution in [2.75, 3.05) is 5.32 Å². The lowest BCUT2D eigenvalue weighted by atomic mass is 9.73. The van der Waals surface area contributed by atoms with Crippen LogP contribution in [0.3, 0.4) is 0 Å². The molecule has 0 bridgehead atoms. The number of anilines is 1. The Hall–Kier alpha value is -1.65. The van der Waals surface area contributed by atoms with Gasteiger partial charge >= 0.3 is 0 Å². The monoisotopic (exact) mass is 266 g/mol. The first-order valence-corrected chi connectivity index (χ1v) is 6.60. The van der Waals surface area contributed by atoms with E-state index in [2.05, 4.69) is 19.2 Å². The molecule has 1 unspecified atom stereocenters. The Morgan fingerprint density at radius 1 is 1.42 bits per heavy atom. The maximum Gasteiger partial charge on any atom is 0.295 e. The largest absolute Gasteiger partial charge is 0.376 e. The molecule has 1 saturated carbocycles. The van der Waals surface area contributed by atoms with Crippen molar-refractivity contribution in [1.29, 1.82) is 0 Å². The first kappa shape index (κ1) is 13.8. The lowest BCUT2D eigenvalue weighted by molar-refractivity contribution is -0.384. The molecule has 0 amide bonds. The predicted octanol–water partition coefficient (Wildman–Crippen LogP) is 4.11. The third-order valence-electron chi connectivity index (χ3n) is 3.99. The lowest BCUT2D eigenvalue weighted by Crippen LogP contribution is -2.39. The quantitative estimate of drug-likeness (QED) is 0.661. The molecule has 1 aromatic rings. The Bertz CT molecular complexity index is 488. The summed E-state index contributed by atoms with van der Waals surface area (Å²) < 4.78 is 13.1. The van der Waals surface area contributed by atoms with E-state index < -0.39 is 10.7 Å². The fourth-order valence-electron chi connectivity index (χ4n) is 2.73. The van der Waals surface area contributed by atoms with E-state index in [1.807, 2.05) is 0 Å². The SMILES string of the molecule is CC1(C)CCCCC1Nc1ccc(F)cc1[N+](=O)[O-]. The molecular formula is C14H19FN2O2. The molecule has 1 aliphatic rings. The van der Waals surface area contributed by atoms with Gasteiger partial charge in [-0.15, -0.1) is 0 Å². The molecule has 0 heterocycles. The van der Waals surface area contributed by atoms with Gasteiger partial charge in [0.1, 0.15) is 11.5 Å². The summed E-state index contributed by atoms with van der Waals surface area (Å²) in [5, 5.41) is 14.2. The topological polar surface area (TPSA) is 55.2 Å². The minimum Gasteiger partial charge on any atom is -0.376 e. The fourth-order valence-corrected chi connectivity index (χ4v) is 2.73.